The molecule has 2 atom stereocenters. The van der Waals surface area contributed by atoms with Crippen molar-refractivity contribution in [3.63, 3.8) is 0 Å². The number of nitrogens with one attached hydrogen (secondary N) is 1. The molecule has 210 valence electrons. The van der Waals surface area contributed by atoms with Crippen LogP contribution >= 0.6 is 0 Å². The summed E-state index contributed by atoms with van der Waals surface area (Å²) in [5.74, 6) is 1.50. The number of fused-ring (bicyclic) bond motifs is 4. The van der Waals surface area contributed by atoms with E-state index in [1.165, 1.54) is 21.3 Å². The SMILES string of the molecule is CCOc1cc2c(cc1OCC)[C@H]1[C@H](C(=O)Nc3cc(OC)c(OC)c(OC)c3)c3ccccc3C(=O)N1CC2. The summed E-state index contributed by atoms with van der Waals surface area (Å²) in [4.78, 5) is 29.7. The normalized spacial score (nSPS) is 17.2. The number of carbonyl (C=O) groups excluding carboxylic acids is 2. The Bertz CT molecular complexity index is 1410. The molecule has 0 aliphatic carbocycles. The van der Waals surface area contributed by atoms with Crippen LogP contribution < -0.4 is 29.0 Å². The van der Waals surface area contributed by atoms with E-state index in [0.29, 0.717) is 71.7 Å². The minimum absolute atomic E-state index is 0.0880. The fraction of sp³-hybridized carbons (Fsp3) is 0.355. The van der Waals surface area contributed by atoms with Gasteiger partial charge in [0.2, 0.25) is 11.7 Å². The van der Waals surface area contributed by atoms with Crippen LogP contribution in [0.15, 0.2) is 48.5 Å². The molecule has 2 heterocycles. The van der Waals surface area contributed by atoms with Crippen LogP contribution in [-0.4, -0.2) is 57.8 Å². The fourth-order valence-electron chi connectivity index (χ4n) is 5.73. The van der Waals surface area contributed by atoms with Crippen molar-refractivity contribution in [2.24, 2.45) is 0 Å². The van der Waals surface area contributed by atoms with Crippen molar-refractivity contribution in [3.8, 4) is 28.7 Å². The average Bonchev–Trinajstić information content (AvgIpc) is 2.97. The lowest BCUT2D eigenvalue weighted by Gasteiger charge is -2.45. The Hall–Kier alpha value is -4.40. The molecule has 9 heteroatoms. The van der Waals surface area contributed by atoms with Gasteiger partial charge in [0.25, 0.3) is 5.91 Å². The first kappa shape index (κ1) is 27.2. The largest absolute Gasteiger partial charge is 0.493 e. The molecule has 2 amide bonds. The van der Waals surface area contributed by atoms with Crippen molar-refractivity contribution >= 4 is 17.5 Å². The first-order chi connectivity index (χ1) is 19.4. The molecule has 5 rings (SSSR count). The van der Waals surface area contributed by atoms with E-state index >= 15 is 0 Å². The van der Waals surface area contributed by atoms with Gasteiger partial charge in [-0.1, -0.05) is 18.2 Å². The topological polar surface area (TPSA) is 95.6 Å². The first-order valence-electron chi connectivity index (χ1n) is 13.4. The third-order valence-corrected chi connectivity index (χ3v) is 7.40. The zero-order valence-electron chi connectivity index (χ0n) is 23.4. The Morgan fingerprint density at radius 1 is 0.875 bits per heavy atom. The van der Waals surface area contributed by atoms with E-state index in [1.54, 1.807) is 23.1 Å². The van der Waals surface area contributed by atoms with Crippen LogP contribution in [-0.2, 0) is 11.2 Å². The molecule has 0 saturated heterocycles. The van der Waals surface area contributed by atoms with Crippen LogP contribution in [0.2, 0.25) is 0 Å². The molecule has 40 heavy (non-hydrogen) atoms. The minimum atomic E-state index is -0.681. The summed E-state index contributed by atoms with van der Waals surface area (Å²) in [5.41, 5.74) is 3.61. The highest BCUT2D eigenvalue weighted by Gasteiger charge is 2.46. The Morgan fingerprint density at radius 2 is 1.52 bits per heavy atom. The molecule has 0 saturated carbocycles. The minimum Gasteiger partial charge on any atom is -0.493 e. The molecule has 0 bridgehead atoms. The molecule has 0 unspecified atom stereocenters. The molecule has 0 radical (unpaired) electrons. The van der Waals surface area contributed by atoms with Gasteiger partial charge in [0, 0.05) is 29.9 Å². The van der Waals surface area contributed by atoms with Gasteiger partial charge in [-0.15, -0.1) is 0 Å². The predicted molar refractivity (Wildman–Crippen MR) is 150 cm³/mol. The average molecular weight is 547 g/mol. The van der Waals surface area contributed by atoms with Crippen molar-refractivity contribution in [2.75, 3.05) is 46.4 Å². The predicted octanol–water partition coefficient (Wildman–Crippen LogP) is 4.99. The Labute approximate surface area is 233 Å². The highest BCUT2D eigenvalue weighted by atomic mass is 16.5. The molecule has 0 spiro atoms. The third kappa shape index (κ3) is 4.65. The smallest absolute Gasteiger partial charge is 0.254 e. The van der Waals surface area contributed by atoms with Gasteiger partial charge in [0.1, 0.15) is 0 Å². The van der Waals surface area contributed by atoms with Gasteiger partial charge in [-0.3, -0.25) is 9.59 Å². The number of nitrogens with zero attached hydrogens (tertiary/aromatic N) is 1. The van der Waals surface area contributed by atoms with E-state index in [4.69, 9.17) is 23.7 Å². The highest BCUT2D eigenvalue weighted by molar-refractivity contribution is 6.04. The summed E-state index contributed by atoms with van der Waals surface area (Å²) in [6.45, 7) is 5.28. The number of hydrogen-bond donors (Lipinski definition) is 1. The number of rotatable bonds is 9. The summed E-state index contributed by atoms with van der Waals surface area (Å²) < 4.78 is 28.2. The van der Waals surface area contributed by atoms with E-state index in [9.17, 15) is 9.59 Å². The molecule has 3 aromatic carbocycles. The van der Waals surface area contributed by atoms with Crippen molar-refractivity contribution in [3.05, 3.63) is 70.8 Å². The zero-order chi connectivity index (χ0) is 28.4. The number of methoxy groups -OCH3 is 3. The molecule has 9 nitrogen and oxygen atoms in total. The summed E-state index contributed by atoms with van der Waals surface area (Å²) in [6.07, 6.45) is 0.646. The van der Waals surface area contributed by atoms with Gasteiger partial charge in [-0.25, -0.2) is 0 Å². The monoisotopic (exact) mass is 546 g/mol. The van der Waals surface area contributed by atoms with Gasteiger partial charge < -0.3 is 33.9 Å². The number of carbonyl (C=O) groups is 2. The maximum atomic E-state index is 14.2. The molecule has 3 aromatic rings. The van der Waals surface area contributed by atoms with Gasteiger partial charge >= 0.3 is 0 Å². The number of ether oxygens (including phenoxy) is 5. The van der Waals surface area contributed by atoms with E-state index in [0.717, 1.165) is 11.1 Å². The van der Waals surface area contributed by atoms with Gasteiger partial charge in [-0.05, 0) is 55.2 Å². The second-order valence-electron chi connectivity index (χ2n) is 9.53. The first-order valence-corrected chi connectivity index (χ1v) is 13.4. The molecule has 0 aromatic heterocycles. The van der Waals surface area contributed by atoms with Crippen molar-refractivity contribution in [1.29, 1.82) is 0 Å². The van der Waals surface area contributed by atoms with Crippen LogP contribution in [0, 0.1) is 0 Å². The van der Waals surface area contributed by atoms with Gasteiger partial charge in [0.15, 0.2) is 23.0 Å². The molecule has 2 aliphatic rings. The van der Waals surface area contributed by atoms with Gasteiger partial charge in [0.05, 0.1) is 46.5 Å². The van der Waals surface area contributed by atoms with Crippen LogP contribution in [0.25, 0.3) is 0 Å². The second-order valence-corrected chi connectivity index (χ2v) is 9.53. The van der Waals surface area contributed by atoms with Crippen LogP contribution in [0.4, 0.5) is 5.69 Å². The van der Waals surface area contributed by atoms with Crippen LogP contribution in [0.3, 0.4) is 0 Å². The number of benzene rings is 3. The van der Waals surface area contributed by atoms with Crippen molar-refractivity contribution in [2.45, 2.75) is 32.2 Å². The van der Waals surface area contributed by atoms with E-state index in [2.05, 4.69) is 5.32 Å². The Balaban J connectivity index is 1.62. The summed E-state index contributed by atoms with van der Waals surface area (Å²) in [5, 5.41) is 3.06. The van der Waals surface area contributed by atoms with Crippen LogP contribution in [0.1, 0.15) is 52.9 Å². The number of hydrogen-bond acceptors (Lipinski definition) is 7. The standard InChI is InChI=1S/C31H34N2O7/c1-6-39-23-14-18-12-13-33-28(22(18)17-24(23)40-7-2)27(20-10-8-9-11-21(20)31(33)35)30(34)32-19-15-25(36-3)29(38-5)26(16-19)37-4/h8-11,14-17,27-28H,6-7,12-13H2,1-5H3,(H,32,34)/t27-,28+/m1/s1. The Morgan fingerprint density at radius 3 is 2.15 bits per heavy atom. The maximum Gasteiger partial charge on any atom is 0.254 e. The second kappa shape index (κ2) is 11.4. The summed E-state index contributed by atoms with van der Waals surface area (Å²) in [6, 6.07) is 14.1. The van der Waals surface area contributed by atoms with Crippen molar-refractivity contribution < 1.29 is 33.3 Å². The van der Waals surface area contributed by atoms with E-state index in [1.807, 2.05) is 44.2 Å². The van der Waals surface area contributed by atoms with E-state index in [-0.39, 0.29) is 11.8 Å². The van der Waals surface area contributed by atoms with Gasteiger partial charge in [-0.2, -0.15) is 0 Å². The quantitative estimate of drug-likeness (QED) is 0.404. The van der Waals surface area contributed by atoms with Crippen LogP contribution in [0.5, 0.6) is 28.7 Å². The lowest BCUT2D eigenvalue weighted by Crippen LogP contribution is -2.49. The Kier molecular flexibility index (Phi) is 7.73. The lowest BCUT2D eigenvalue weighted by molar-refractivity contribution is -0.119. The third-order valence-electron chi connectivity index (χ3n) is 7.40. The highest BCUT2D eigenvalue weighted by Crippen LogP contribution is 2.49. The van der Waals surface area contributed by atoms with Crippen molar-refractivity contribution in [1.82, 2.24) is 4.90 Å². The number of amides is 2. The molecule has 0 fully saturated rings. The summed E-state index contributed by atoms with van der Waals surface area (Å²) in [7, 11) is 4.57. The fourth-order valence-corrected chi connectivity index (χ4v) is 5.73. The molecular weight excluding hydrogens is 512 g/mol. The van der Waals surface area contributed by atoms with E-state index < -0.39 is 12.0 Å². The summed E-state index contributed by atoms with van der Waals surface area (Å²) >= 11 is 0. The molecular formula is C31H34N2O7. The zero-order valence-corrected chi connectivity index (χ0v) is 23.4. The molecule has 1 N–H and O–H groups in total. The molecule has 2 aliphatic heterocycles. The lowest BCUT2D eigenvalue weighted by atomic mass is 9.75. The maximum absolute atomic E-state index is 14.2. The number of anilines is 1.